The molecule has 21 heavy (non-hydrogen) atoms. The molecule has 1 aliphatic rings. The fraction of sp³-hybridized carbons (Fsp3) is 0.333. The number of fused-ring (bicyclic) bond motifs is 1. The molecule has 0 saturated heterocycles. The third-order valence-corrected chi connectivity index (χ3v) is 4.65. The summed E-state index contributed by atoms with van der Waals surface area (Å²) in [6.45, 7) is 2.05. The molecular formula is C18H20FNO. The number of aryl methyl sites for hydroxylation is 1. The van der Waals surface area contributed by atoms with Crippen LogP contribution in [0.4, 0.5) is 4.39 Å². The maximum absolute atomic E-state index is 13.1. The Morgan fingerprint density at radius 1 is 1.24 bits per heavy atom. The van der Waals surface area contributed by atoms with Gasteiger partial charge in [-0.3, -0.25) is 4.90 Å². The van der Waals surface area contributed by atoms with Gasteiger partial charge >= 0.3 is 0 Å². The molecule has 0 radical (unpaired) electrons. The van der Waals surface area contributed by atoms with Crippen molar-refractivity contribution in [3.05, 3.63) is 65.0 Å². The zero-order chi connectivity index (χ0) is 15.0. The predicted molar refractivity (Wildman–Crippen MR) is 81.7 cm³/mol. The van der Waals surface area contributed by atoms with Crippen molar-refractivity contribution in [3.8, 4) is 5.75 Å². The highest BCUT2D eigenvalue weighted by molar-refractivity contribution is 5.37. The Hall–Kier alpha value is -1.87. The number of phenols is 1. The molecule has 0 spiro atoms. The molecule has 2 unspecified atom stereocenters. The van der Waals surface area contributed by atoms with Gasteiger partial charge in [-0.1, -0.05) is 30.3 Å². The van der Waals surface area contributed by atoms with E-state index in [1.54, 1.807) is 6.07 Å². The van der Waals surface area contributed by atoms with E-state index in [1.165, 1.54) is 23.3 Å². The Morgan fingerprint density at radius 3 is 2.76 bits per heavy atom. The fourth-order valence-electron chi connectivity index (χ4n) is 3.32. The second kappa shape index (κ2) is 5.49. The molecule has 2 aromatic carbocycles. The number of aromatic hydroxyl groups is 1. The van der Waals surface area contributed by atoms with E-state index in [2.05, 4.69) is 36.2 Å². The van der Waals surface area contributed by atoms with Crippen LogP contribution in [0.25, 0.3) is 0 Å². The zero-order valence-electron chi connectivity index (χ0n) is 12.4. The molecule has 0 bridgehead atoms. The number of halogens is 1. The first-order valence-electron chi connectivity index (χ1n) is 7.36. The van der Waals surface area contributed by atoms with Crippen LogP contribution in [0.1, 0.15) is 42.1 Å². The first-order valence-corrected chi connectivity index (χ1v) is 7.36. The third kappa shape index (κ3) is 2.54. The van der Waals surface area contributed by atoms with E-state index in [9.17, 15) is 9.50 Å². The maximum Gasteiger partial charge on any atom is 0.126 e. The van der Waals surface area contributed by atoms with Crippen molar-refractivity contribution < 1.29 is 9.50 Å². The topological polar surface area (TPSA) is 23.5 Å². The molecule has 2 atom stereocenters. The van der Waals surface area contributed by atoms with E-state index in [1.807, 2.05) is 6.92 Å². The lowest BCUT2D eigenvalue weighted by Gasteiger charge is -2.32. The van der Waals surface area contributed by atoms with Crippen molar-refractivity contribution in [1.29, 1.82) is 0 Å². The standard InChI is InChI=1S/C18H20FNO/c1-12(15-9-8-14(19)11-18(15)21)20(2)17-10-7-13-5-3-4-6-16(13)17/h3-6,8-9,11-12,17,21H,7,10H2,1-2H3. The summed E-state index contributed by atoms with van der Waals surface area (Å²) >= 11 is 0. The van der Waals surface area contributed by atoms with Crippen LogP contribution >= 0.6 is 0 Å². The summed E-state index contributed by atoms with van der Waals surface area (Å²) in [7, 11) is 2.07. The molecule has 2 aromatic rings. The highest BCUT2D eigenvalue weighted by Gasteiger charge is 2.29. The van der Waals surface area contributed by atoms with Gasteiger partial charge in [-0.2, -0.15) is 0 Å². The molecule has 0 fully saturated rings. The van der Waals surface area contributed by atoms with Gasteiger partial charge in [0.2, 0.25) is 0 Å². The van der Waals surface area contributed by atoms with Crippen molar-refractivity contribution in [3.63, 3.8) is 0 Å². The van der Waals surface area contributed by atoms with Gasteiger partial charge in [0.1, 0.15) is 11.6 Å². The van der Waals surface area contributed by atoms with Gasteiger partial charge in [0.15, 0.2) is 0 Å². The van der Waals surface area contributed by atoms with Crippen LogP contribution in [0, 0.1) is 5.82 Å². The molecule has 3 rings (SSSR count). The van der Waals surface area contributed by atoms with Crippen LogP contribution in [-0.4, -0.2) is 17.1 Å². The largest absolute Gasteiger partial charge is 0.508 e. The first-order chi connectivity index (χ1) is 10.1. The molecule has 1 aliphatic carbocycles. The normalized spacial score (nSPS) is 18.8. The van der Waals surface area contributed by atoms with E-state index < -0.39 is 5.82 Å². The van der Waals surface area contributed by atoms with Crippen molar-refractivity contribution in [2.24, 2.45) is 0 Å². The van der Waals surface area contributed by atoms with Gasteiger partial charge in [-0.25, -0.2) is 4.39 Å². The smallest absolute Gasteiger partial charge is 0.126 e. The molecule has 110 valence electrons. The van der Waals surface area contributed by atoms with E-state index in [-0.39, 0.29) is 11.8 Å². The lowest BCUT2D eigenvalue weighted by molar-refractivity contribution is 0.182. The number of hydrogen-bond donors (Lipinski definition) is 1. The van der Waals surface area contributed by atoms with Crippen LogP contribution in [0.15, 0.2) is 42.5 Å². The van der Waals surface area contributed by atoms with Crippen molar-refractivity contribution >= 4 is 0 Å². The minimum absolute atomic E-state index is 0.0284. The minimum atomic E-state index is -0.405. The van der Waals surface area contributed by atoms with Crippen molar-refractivity contribution in [1.82, 2.24) is 4.90 Å². The Labute approximate surface area is 124 Å². The van der Waals surface area contributed by atoms with Crippen molar-refractivity contribution in [2.45, 2.75) is 31.8 Å². The molecule has 0 amide bonds. The molecule has 0 aromatic heterocycles. The highest BCUT2D eigenvalue weighted by atomic mass is 19.1. The highest BCUT2D eigenvalue weighted by Crippen LogP contribution is 2.40. The second-order valence-corrected chi connectivity index (χ2v) is 5.80. The van der Waals surface area contributed by atoms with E-state index >= 15 is 0 Å². The van der Waals surface area contributed by atoms with Crippen LogP contribution < -0.4 is 0 Å². The molecule has 2 nitrogen and oxygen atoms in total. The number of rotatable bonds is 3. The van der Waals surface area contributed by atoms with Gasteiger partial charge in [0, 0.05) is 23.7 Å². The summed E-state index contributed by atoms with van der Waals surface area (Å²) in [5, 5.41) is 9.98. The minimum Gasteiger partial charge on any atom is -0.508 e. The number of benzene rings is 2. The van der Waals surface area contributed by atoms with Gasteiger partial charge in [0.25, 0.3) is 0 Å². The Morgan fingerprint density at radius 2 is 2.00 bits per heavy atom. The van der Waals surface area contributed by atoms with Crippen LogP contribution in [0.3, 0.4) is 0 Å². The lowest BCUT2D eigenvalue weighted by atomic mass is 10.0. The molecule has 3 heteroatoms. The predicted octanol–water partition coefficient (Wildman–Crippen LogP) is 4.21. The number of nitrogens with zero attached hydrogens (tertiary/aromatic N) is 1. The summed E-state index contributed by atoms with van der Waals surface area (Å²) in [6.07, 6.45) is 2.18. The SMILES string of the molecule is CC(c1ccc(F)cc1O)N(C)C1CCc2ccccc21. The van der Waals surface area contributed by atoms with Crippen LogP contribution in [0.2, 0.25) is 0 Å². The van der Waals surface area contributed by atoms with Gasteiger partial charge in [-0.05, 0) is 44.0 Å². The van der Waals surface area contributed by atoms with Gasteiger partial charge in [-0.15, -0.1) is 0 Å². The maximum atomic E-state index is 13.1. The van der Waals surface area contributed by atoms with Gasteiger partial charge in [0.05, 0.1) is 0 Å². The zero-order valence-corrected chi connectivity index (χ0v) is 12.4. The molecule has 1 N–H and O–H groups in total. The van der Waals surface area contributed by atoms with Crippen LogP contribution in [0.5, 0.6) is 5.75 Å². The second-order valence-electron chi connectivity index (χ2n) is 5.80. The van der Waals surface area contributed by atoms with Gasteiger partial charge < -0.3 is 5.11 Å². The lowest BCUT2D eigenvalue weighted by Crippen LogP contribution is -2.26. The van der Waals surface area contributed by atoms with E-state index in [0.29, 0.717) is 6.04 Å². The first kappa shape index (κ1) is 14.1. The number of phenolic OH excluding ortho intramolecular Hbond substituents is 1. The summed E-state index contributed by atoms with van der Waals surface area (Å²) in [4.78, 5) is 2.26. The average Bonchev–Trinajstić information content (AvgIpc) is 2.90. The van der Waals surface area contributed by atoms with Crippen LogP contribution in [-0.2, 0) is 6.42 Å². The summed E-state index contributed by atoms with van der Waals surface area (Å²) in [5.74, 6) is -0.377. The molecule has 0 saturated carbocycles. The Kier molecular flexibility index (Phi) is 3.68. The molecule has 0 aliphatic heterocycles. The average molecular weight is 285 g/mol. The summed E-state index contributed by atoms with van der Waals surface area (Å²) < 4.78 is 13.1. The molecule has 0 heterocycles. The fourth-order valence-corrected chi connectivity index (χ4v) is 3.32. The Bertz CT molecular complexity index is 655. The monoisotopic (exact) mass is 285 g/mol. The third-order valence-electron chi connectivity index (χ3n) is 4.65. The molecular weight excluding hydrogens is 265 g/mol. The van der Waals surface area contributed by atoms with Crippen molar-refractivity contribution in [2.75, 3.05) is 7.05 Å². The Balaban J connectivity index is 1.87. The van der Waals surface area contributed by atoms with E-state index in [0.717, 1.165) is 18.4 Å². The summed E-state index contributed by atoms with van der Waals surface area (Å²) in [6, 6.07) is 13.2. The summed E-state index contributed by atoms with van der Waals surface area (Å²) in [5.41, 5.74) is 3.54. The quantitative estimate of drug-likeness (QED) is 0.913. The number of hydrogen-bond acceptors (Lipinski definition) is 2. The van der Waals surface area contributed by atoms with E-state index in [4.69, 9.17) is 0 Å².